The molecule has 3 atom stereocenters. The SMILES string of the molecule is CCCC[C@@H](CC)CN1C(=O)/C(=C/c2c(N3C[C@H](C)C[C@@H](C)C3)nc3c(C)cccn3c2=O)SC1=S. The number of thioether (sulfide) groups is 1. The van der Waals surface area contributed by atoms with E-state index in [1.165, 1.54) is 11.8 Å². The first-order valence-electron chi connectivity index (χ1n) is 13.3. The van der Waals surface area contributed by atoms with Crippen molar-refractivity contribution in [2.24, 2.45) is 17.8 Å². The minimum atomic E-state index is -0.149. The number of carbonyl (C=O) groups is 1. The normalized spacial score (nSPS) is 22.8. The molecule has 4 rings (SSSR count). The van der Waals surface area contributed by atoms with Crippen molar-refractivity contribution in [3.63, 3.8) is 0 Å². The fourth-order valence-corrected chi connectivity index (χ4v) is 6.72. The highest BCUT2D eigenvalue weighted by Gasteiger charge is 2.34. The third-order valence-corrected chi connectivity index (χ3v) is 8.74. The summed E-state index contributed by atoms with van der Waals surface area (Å²) in [5, 5.41) is 0. The van der Waals surface area contributed by atoms with Gasteiger partial charge in [0, 0.05) is 25.8 Å². The van der Waals surface area contributed by atoms with Crippen LogP contribution in [-0.2, 0) is 4.79 Å². The molecule has 0 N–H and O–H groups in total. The number of fused-ring (bicyclic) bond motifs is 1. The molecule has 2 aromatic heterocycles. The minimum Gasteiger partial charge on any atom is -0.355 e. The molecular formula is C28H38N4O2S2. The summed E-state index contributed by atoms with van der Waals surface area (Å²) in [7, 11) is 0. The Kier molecular flexibility index (Phi) is 8.56. The number of hydrogen-bond acceptors (Lipinski definition) is 6. The van der Waals surface area contributed by atoms with Gasteiger partial charge in [0.1, 0.15) is 15.8 Å². The van der Waals surface area contributed by atoms with E-state index in [0.717, 1.165) is 50.8 Å². The number of unbranched alkanes of at least 4 members (excludes halogenated alkanes) is 1. The summed E-state index contributed by atoms with van der Waals surface area (Å²) < 4.78 is 2.17. The van der Waals surface area contributed by atoms with E-state index in [-0.39, 0.29) is 11.5 Å². The van der Waals surface area contributed by atoms with E-state index < -0.39 is 0 Å². The van der Waals surface area contributed by atoms with Crippen LogP contribution in [0.5, 0.6) is 0 Å². The molecule has 6 nitrogen and oxygen atoms in total. The zero-order valence-corrected chi connectivity index (χ0v) is 23.8. The van der Waals surface area contributed by atoms with Gasteiger partial charge in [-0.15, -0.1) is 0 Å². The molecule has 0 aromatic carbocycles. The lowest BCUT2D eigenvalue weighted by atomic mass is 9.91. The van der Waals surface area contributed by atoms with Crippen LogP contribution in [0.1, 0.15) is 70.9 Å². The van der Waals surface area contributed by atoms with Gasteiger partial charge in [-0.25, -0.2) is 4.98 Å². The first kappa shape index (κ1) is 26.9. The second-order valence-corrected chi connectivity index (χ2v) is 12.3. The summed E-state index contributed by atoms with van der Waals surface area (Å²) in [4.78, 5) is 36.7. The predicted octanol–water partition coefficient (Wildman–Crippen LogP) is 5.90. The van der Waals surface area contributed by atoms with Crippen LogP contribution in [0.2, 0.25) is 0 Å². The number of hydrogen-bond donors (Lipinski definition) is 0. The molecule has 1 amide bonds. The summed E-state index contributed by atoms with van der Waals surface area (Å²) in [5.41, 5.74) is 1.93. The summed E-state index contributed by atoms with van der Waals surface area (Å²) in [5.74, 6) is 2.01. The summed E-state index contributed by atoms with van der Waals surface area (Å²) in [6, 6.07) is 3.83. The topological polar surface area (TPSA) is 57.9 Å². The molecule has 2 aliphatic heterocycles. The van der Waals surface area contributed by atoms with Crippen LogP contribution in [0.3, 0.4) is 0 Å². The van der Waals surface area contributed by atoms with Crippen LogP contribution in [0.4, 0.5) is 5.82 Å². The lowest BCUT2D eigenvalue weighted by molar-refractivity contribution is -0.122. The maximum absolute atomic E-state index is 13.8. The molecule has 0 unspecified atom stereocenters. The summed E-state index contributed by atoms with van der Waals surface area (Å²) in [6.07, 6.45) is 9.06. The molecule has 0 aliphatic carbocycles. The van der Waals surface area contributed by atoms with Gasteiger partial charge in [-0.3, -0.25) is 18.9 Å². The van der Waals surface area contributed by atoms with E-state index in [1.54, 1.807) is 21.6 Å². The number of nitrogens with zero attached hydrogens (tertiary/aromatic N) is 4. The van der Waals surface area contributed by atoms with Gasteiger partial charge in [0.15, 0.2) is 0 Å². The van der Waals surface area contributed by atoms with Crippen molar-refractivity contribution < 1.29 is 4.79 Å². The Morgan fingerprint density at radius 2 is 1.94 bits per heavy atom. The fraction of sp³-hybridized carbons (Fsp3) is 0.571. The molecule has 0 bridgehead atoms. The quantitative estimate of drug-likeness (QED) is 0.315. The van der Waals surface area contributed by atoms with Gasteiger partial charge in [0.25, 0.3) is 11.5 Å². The molecule has 0 saturated carbocycles. The number of pyridine rings is 1. The van der Waals surface area contributed by atoms with Gasteiger partial charge >= 0.3 is 0 Å². The van der Waals surface area contributed by atoms with Crippen molar-refractivity contribution in [3.8, 4) is 0 Å². The van der Waals surface area contributed by atoms with Gasteiger partial charge in [-0.2, -0.15) is 0 Å². The van der Waals surface area contributed by atoms with Crippen molar-refractivity contribution in [2.45, 2.75) is 66.7 Å². The van der Waals surface area contributed by atoms with Crippen LogP contribution in [0, 0.1) is 24.7 Å². The standard InChI is InChI=1S/C28H38N4O2S2/c1-6-8-11-21(7-2)17-32-27(34)23(36-28(32)35)14-22-25(30-15-18(3)13-19(4)16-30)29-24-20(5)10-9-12-31(24)26(22)33/h9-10,12,14,18-19,21H,6-8,11,13,15-17H2,1-5H3/b23-14-/t18-,19-,21-/m1/s1. The highest BCUT2D eigenvalue weighted by molar-refractivity contribution is 8.26. The smallest absolute Gasteiger partial charge is 0.267 e. The summed E-state index contributed by atoms with van der Waals surface area (Å²) in [6.45, 7) is 13.1. The molecule has 4 heterocycles. The summed E-state index contributed by atoms with van der Waals surface area (Å²) >= 11 is 6.92. The monoisotopic (exact) mass is 526 g/mol. The largest absolute Gasteiger partial charge is 0.355 e. The number of carbonyl (C=O) groups excluding carboxylic acids is 1. The highest BCUT2D eigenvalue weighted by Crippen LogP contribution is 2.35. The first-order valence-corrected chi connectivity index (χ1v) is 14.5. The maximum Gasteiger partial charge on any atom is 0.267 e. The van der Waals surface area contributed by atoms with E-state index in [0.29, 0.717) is 50.6 Å². The molecule has 2 fully saturated rings. The second kappa shape index (κ2) is 11.5. The van der Waals surface area contributed by atoms with Crippen molar-refractivity contribution in [1.82, 2.24) is 14.3 Å². The van der Waals surface area contributed by atoms with Crippen molar-refractivity contribution in [2.75, 3.05) is 24.5 Å². The predicted molar refractivity (Wildman–Crippen MR) is 155 cm³/mol. The van der Waals surface area contributed by atoms with E-state index in [1.807, 2.05) is 19.1 Å². The van der Waals surface area contributed by atoms with Crippen LogP contribution in [-0.4, -0.2) is 44.1 Å². The van der Waals surface area contributed by atoms with Gasteiger partial charge in [0.2, 0.25) is 0 Å². The molecule has 0 radical (unpaired) electrons. The van der Waals surface area contributed by atoms with Crippen LogP contribution < -0.4 is 10.5 Å². The molecule has 8 heteroatoms. The number of amides is 1. The van der Waals surface area contributed by atoms with E-state index >= 15 is 0 Å². The van der Waals surface area contributed by atoms with Crippen LogP contribution >= 0.6 is 24.0 Å². The third-order valence-electron chi connectivity index (χ3n) is 7.37. The molecule has 0 spiro atoms. The molecular weight excluding hydrogens is 488 g/mol. The zero-order valence-electron chi connectivity index (χ0n) is 22.1. The Bertz CT molecular complexity index is 1230. The average molecular weight is 527 g/mol. The Morgan fingerprint density at radius 1 is 1.22 bits per heavy atom. The van der Waals surface area contributed by atoms with E-state index in [2.05, 4.69) is 32.6 Å². The van der Waals surface area contributed by atoms with Gasteiger partial charge in [-0.05, 0) is 55.2 Å². The molecule has 194 valence electrons. The zero-order chi connectivity index (χ0) is 26.0. The Morgan fingerprint density at radius 3 is 2.61 bits per heavy atom. The Balaban J connectivity index is 1.76. The van der Waals surface area contributed by atoms with Gasteiger partial charge < -0.3 is 4.90 Å². The van der Waals surface area contributed by atoms with Gasteiger partial charge in [-0.1, -0.05) is 77.0 Å². The number of aryl methyl sites for hydroxylation is 1. The first-order chi connectivity index (χ1) is 17.2. The molecule has 2 aliphatic rings. The molecule has 2 saturated heterocycles. The second-order valence-electron chi connectivity index (χ2n) is 10.6. The maximum atomic E-state index is 13.8. The number of thiocarbonyl (C=S) groups is 1. The molecule has 2 aromatic rings. The van der Waals surface area contributed by atoms with Crippen molar-refractivity contribution in [3.05, 3.63) is 44.7 Å². The fourth-order valence-electron chi connectivity index (χ4n) is 5.47. The number of piperidine rings is 1. The van der Waals surface area contributed by atoms with E-state index in [4.69, 9.17) is 17.2 Å². The Labute approximate surface area is 224 Å². The Hall–Kier alpha value is -2.19. The number of anilines is 1. The third kappa shape index (κ3) is 5.54. The molecule has 36 heavy (non-hydrogen) atoms. The lowest BCUT2D eigenvalue weighted by Gasteiger charge is -2.36. The number of rotatable bonds is 8. The van der Waals surface area contributed by atoms with Gasteiger partial charge in [0.05, 0.1) is 10.5 Å². The van der Waals surface area contributed by atoms with Crippen LogP contribution in [0.15, 0.2) is 28.0 Å². The highest BCUT2D eigenvalue weighted by atomic mass is 32.2. The van der Waals surface area contributed by atoms with Crippen molar-refractivity contribution >= 4 is 51.7 Å². The lowest BCUT2D eigenvalue weighted by Crippen LogP contribution is -2.40. The van der Waals surface area contributed by atoms with Crippen LogP contribution in [0.25, 0.3) is 11.7 Å². The van der Waals surface area contributed by atoms with E-state index in [9.17, 15) is 9.59 Å². The number of aromatic nitrogens is 2. The average Bonchev–Trinajstić information content (AvgIpc) is 3.10. The minimum absolute atomic E-state index is 0.0972. The van der Waals surface area contributed by atoms with Crippen molar-refractivity contribution in [1.29, 1.82) is 0 Å².